The van der Waals surface area contributed by atoms with E-state index < -0.39 is 5.82 Å². The average Bonchev–Trinajstić information content (AvgIpc) is 3.38. The Kier molecular flexibility index (Phi) is 4.06. The number of halogens is 1. The van der Waals surface area contributed by atoms with E-state index in [0.717, 1.165) is 12.8 Å². The first-order valence-electron chi connectivity index (χ1n) is 8.47. The topological polar surface area (TPSA) is 71.5 Å². The molecule has 6 nitrogen and oxygen atoms in total. The zero-order valence-corrected chi connectivity index (χ0v) is 14.3. The van der Waals surface area contributed by atoms with Gasteiger partial charge in [-0.3, -0.25) is 14.6 Å². The second-order valence-electron chi connectivity index (χ2n) is 6.53. The van der Waals surface area contributed by atoms with Gasteiger partial charge in [-0.15, -0.1) is 0 Å². The molecule has 0 spiro atoms. The number of rotatable bonds is 5. The van der Waals surface area contributed by atoms with Crippen LogP contribution in [-0.2, 0) is 16.0 Å². The molecule has 1 aromatic carbocycles. The van der Waals surface area contributed by atoms with Crippen molar-refractivity contribution in [3.63, 3.8) is 0 Å². The van der Waals surface area contributed by atoms with Gasteiger partial charge in [0.25, 0.3) is 0 Å². The van der Waals surface area contributed by atoms with Crippen LogP contribution in [0.25, 0.3) is 11.1 Å². The minimum Gasteiger partial charge on any atom is -0.496 e. The molecule has 1 saturated carbocycles. The minimum atomic E-state index is -0.395. The standard InChI is InChI=1S/C19H18FN3O3/c1-26-17-7-12(20)2-5-14(17)11-6-16-15(21-9-11)8-19(25)23(16)10-18(24)22-13-3-4-13/h2,5-7,9,13H,3-4,8,10H2,1H3,(H,22,24). The fourth-order valence-corrected chi connectivity index (χ4v) is 3.09. The van der Waals surface area contributed by atoms with Gasteiger partial charge in [-0.05, 0) is 31.0 Å². The summed E-state index contributed by atoms with van der Waals surface area (Å²) >= 11 is 0. The van der Waals surface area contributed by atoms with Crippen LogP contribution in [0, 0.1) is 5.82 Å². The number of nitrogens with one attached hydrogen (secondary N) is 1. The predicted molar refractivity (Wildman–Crippen MR) is 93.4 cm³/mol. The van der Waals surface area contributed by atoms with Crippen LogP contribution in [-0.4, -0.2) is 36.5 Å². The van der Waals surface area contributed by atoms with E-state index in [2.05, 4.69) is 10.3 Å². The van der Waals surface area contributed by atoms with Crippen LogP contribution in [0.15, 0.2) is 30.5 Å². The number of anilines is 1. The van der Waals surface area contributed by atoms with E-state index in [-0.39, 0.29) is 30.8 Å². The number of benzene rings is 1. The second-order valence-corrected chi connectivity index (χ2v) is 6.53. The van der Waals surface area contributed by atoms with E-state index >= 15 is 0 Å². The third-order valence-corrected chi connectivity index (χ3v) is 4.58. The SMILES string of the molecule is COc1cc(F)ccc1-c1cnc2c(c1)N(CC(=O)NC1CC1)C(=O)C2. The Morgan fingerprint density at radius 2 is 2.19 bits per heavy atom. The Hall–Kier alpha value is -2.96. The fourth-order valence-electron chi connectivity index (χ4n) is 3.09. The van der Waals surface area contributed by atoms with Gasteiger partial charge in [0.2, 0.25) is 11.8 Å². The van der Waals surface area contributed by atoms with E-state index in [4.69, 9.17) is 4.74 Å². The first-order valence-corrected chi connectivity index (χ1v) is 8.47. The van der Waals surface area contributed by atoms with E-state index in [1.165, 1.54) is 24.1 Å². The van der Waals surface area contributed by atoms with Gasteiger partial charge in [-0.2, -0.15) is 0 Å². The van der Waals surface area contributed by atoms with E-state index in [0.29, 0.717) is 28.3 Å². The van der Waals surface area contributed by atoms with Crippen LogP contribution >= 0.6 is 0 Å². The van der Waals surface area contributed by atoms with Gasteiger partial charge in [0.1, 0.15) is 18.1 Å². The number of hydrogen-bond acceptors (Lipinski definition) is 4. The van der Waals surface area contributed by atoms with E-state index in [1.807, 2.05) is 0 Å². The number of hydrogen-bond donors (Lipinski definition) is 1. The van der Waals surface area contributed by atoms with Gasteiger partial charge in [-0.25, -0.2) is 4.39 Å². The highest BCUT2D eigenvalue weighted by Crippen LogP contribution is 2.35. The molecule has 134 valence electrons. The molecule has 0 bridgehead atoms. The molecule has 1 aliphatic carbocycles. The number of fused-ring (bicyclic) bond motifs is 1. The highest BCUT2D eigenvalue weighted by atomic mass is 19.1. The lowest BCUT2D eigenvalue weighted by Crippen LogP contribution is -2.39. The predicted octanol–water partition coefficient (Wildman–Crippen LogP) is 2.06. The lowest BCUT2D eigenvalue weighted by molar-refractivity contribution is -0.123. The number of nitrogens with zero attached hydrogens (tertiary/aromatic N) is 2. The molecule has 2 amide bonds. The lowest BCUT2D eigenvalue weighted by Gasteiger charge is -2.18. The molecular formula is C19H18FN3O3. The van der Waals surface area contributed by atoms with Crippen molar-refractivity contribution in [3.05, 3.63) is 42.0 Å². The monoisotopic (exact) mass is 355 g/mol. The maximum Gasteiger partial charge on any atom is 0.240 e. The van der Waals surface area contributed by atoms with Gasteiger partial charge >= 0.3 is 0 Å². The third-order valence-electron chi connectivity index (χ3n) is 4.58. The molecule has 2 aromatic rings. The smallest absolute Gasteiger partial charge is 0.240 e. The molecule has 1 aliphatic heterocycles. The number of amides is 2. The number of carbonyl (C=O) groups excluding carboxylic acids is 2. The summed E-state index contributed by atoms with van der Waals surface area (Å²) in [7, 11) is 1.47. The van der Waals surface area contributed by atoms with Gasteiger partial charge < -0.3 is 15.0 Å². The second kappa shape index (κ2) is 6.40. The van der Waals surface area contributed by atoms with E-state index in [9.17, 15) is 14.0 Å². The number of pyridine rings is 1. The van der Waals surface area contributed by atoms with Crippen molar-refractivity contribution in [1.29, 1.82) is 0 Å². The summed E-state index contributed by atoms with van der Waals surface area (Å²) in [6.45, 7) is -0.0198. The molecule has 2 heterocycles. The van der Waals surface area contributed by atoms with Crippen molar-refractivity contribution in [1.82, 2.24) is 10.3 Å². The fraction of sp³-hybridized carbons (Fsp3) is 0.316. The molecular weight excluding hydrogens is 337 g/mol. The average molecular weight is 355 g/mol. The van der Waals surface area contributed by atoms with Crippen molar-refractivity contribution >= 4 is 17.5 Å². The third kappa shape index (κ3) is 3.12. The summed E-state index contributed by atoms with van der Waals surface area (Å²) in [5, 5.41) is 2.89. The maximum atomic E-state index is 13.4. The number of ether oxygens (including phenoxy) is 1. The molecule has 26 heavy (non-hydrogen) atoms. The Morgan fingerprint density at radius 1 is 1.38 bits per heavy atom. The van der Waals surface area contributed by atoms with Gasteiger partial charge in [-0.1, -0.05) is 0 Å². The molecule has 1 N–H and O–H groups in total. The Balaban J connectivity index is 1.65. The van der Waals surface area contributed by atoms with Crippen molar-refractivity contribution in [2.45, 2.75) is 25.3 Å². The zero-order chi connectivity index (χ0) is 18.3. The number of aromatic nitrogens is 1. The largest absolute Gasteiger partial charge is 0.496 e. The van der Waals surface area contributed by atoms with Crippen LogP contribution in [0.1, 0.15) is 18.5 Å². The van der Waals surface area contributed by atoms with Crippen LogP contribution in [0.4, 0.5) is 10.1 Å². The Labute approximate surface area is 150 Å². The van der Waals surface area contributed by atoms with Crippen molar-refractivity contribution < 1.29 is 18.7 Å². The minimum absolute atomic E-state index is 0.0198. The van der Waals surface area contributed by atoms with Gasteiger partial charge in [0, 0.05) is 29.4 Å². The Bertz CT molecular complexity index is 896. The highest BCUT2D eigenvalue weighted by molar-refractivity contribution is 6.05. The van der Waals surface area contributed by atoms with Crippen LogP contribution < -0.4 is 15.0 Å². The summed E-state index contributed by atoms with van der Waals surface area (Å²) < 4.78 is 18.7. The van der Waals surface area contributed by atoms with Crippen molar-refractivity contribution in [2.24, 2.45) is 0 Å². The molecule has 4 rings (SSSR count). The van der Waals surface area contributed by atoms with Gasteiger partial charge in [0.15, 0.2) is 0 Å². The summed E-state index contributed by atoms with van der Waals surface area (Å²) in [5.41, 5.74) is 2.62. The normalized spacial score (nSPS) is 15.8. The van der Waals surface area contributed by atoms with Crippen molar-refractivity contribution in [3.8, 4) is 16.9 Å². The molecule has 1 fully saturated rings. The molecule has 0 unspecified atom stereocenters. The summed E-state index contributed by atoms with van der Waals surface area (Å²) in [4.78, 5) is 30.3. The van der Waals surface area contributed by atoms with E-state index in [1.54, 1.807) is 18.3 Å². The lowest BCUT2D eigenvalue weighted by atomic mass is 10.1. The summed E-state index contributed by atoms with van der Waals surface area (Å²) in [6, 6.07) is 6.30. The highest BCUT2D eigenvalue weighted by Gasteiger charge is 2.32. The van der Waals surface area contributed by atoms with Crippen LogP contribution in [0.2, 0.25) is 0 Å². The maximum absolute atomic E-state index is 13.4. The summed E-state index contributed by atoms with van der Waals surface area (Å²) in [6.07, 6.45) is 3.79. The van der Waals surface area contributed by atoms with Crippen molar-refractivity contribution in [2.75, 3.05) is 18.6 Å². The number of methoxy groups -OCH3 is 1. The first kappa shape index (κ1) is 16.5. The molecule has 0 atom stereocenters. The summed E-state index contributed by atoms with van der Waals surface area (Å²) in [5.74, 6) is -0.331. The van der Waals surface area contributed by atoms with Crippen LogP contribution in [0.3, 0.4) is 0 Å². The molecule has 7 heteroatoms. The van der Waals surface area contributed by atoms with Gasteiger partial charge in [0.05, 0.1) is 24.9 Å². The first-order chi connectivity index (χ1) is 12.5. The number of carbonyl (C=O) groups is 2. The van der Waals surface area contributed by atoms with Crippen LogP contribution in [0.5, 0.6) is 5.75 Å². The molecule has 0 saturated heterocycles. The molecule has 0 radical (unpaired) electrons. The Morgan fingerprint density at radius 3 is 2.92 bits per heavy atom. The quantitative estimate of drug-likeness (QED) is 0.891. The zero-order valence-electron chi connectivity index (χ0n) is 14.3. The molecule has 1 aromatic heterocycles. The molecule has 2 aliphatic rings.